The average molecular weight is 314 g/mol. The van der Waals surface area contributed by atoms with Crippen molar-refractivity contribution in [2.24, 2.45) is 0 Å². The van der Waals surface area contributed by atoms with Crippen LogP contribution in [0.5, 0.6) is 0 Å². The molecule has 20 heavy (non-hydrogen) atoms. The van der Waals surface area contributed by atoms with Gasteiger partial charge in [0.05, 0.1) is 23.9 Å². The van der Waals surface area contributed by atoms with Crippen LogP contribution in [0.25, 0.3) is 5.69 Å². The number of carbonyl (C=O) groups excluding carboxylic acids is 1. The Balaban J connectivity index is 2.53. The van der Waals surface area contributed by atoms with E-state index in [1.165, 1.54) is 0 Å². The number of benzene rings is 1. The first-order chi connectivity index (χ1) is 9.60. The molecular formula is C14H13Cl2NO3. The lowest BCUT2D eigenvalue weighted by Gasteiger charge is -2.13. The van der Waals surface area contributed by atoms with Gasteiger partial charge in [0.2, 0.25) is 0 Å². The molecule has 1 heterocycles. The Hall–Kier alpha value is -1.49. The number of carbonyl (C=O) groups is 1. The van der Waals surface area contributed by atoms with Crippen LogP contribution in [0.2, 0.25) is 10.0 Å². The van der Waals surface area contributed by atoms with Crippen LogP contribution >= 0.6 is 23.2 Å². The summed E-state index contributed by atoms with van der Waals surface area (Å²) in [5.41, 5.74) is 1.35. The number of ether oxygens (including phenoxy) is 1. The Morgan fingerprint density at radius 1 is 1.35 bits per heavy atom. The van der Waals surface area contributed by atoms with Gasteiger partial charge in [0.25, 0.3) is 0 Å². The van der Waals surface area contributed by atoms with Crippen LogP contribution in [0.15, 0.2) is 30.5 Å². The molecule has 1 aromatic carbocycles. The summed E-state index contributed by atoms with van der Waals surface area (Å²) < 4.78 is 6.60. The zero-order valence-corrected chi connectivity index (χ0v) is 12.3. The molecule has 1 N–H and O–H groups in total. The van der Waals surface area contributed by atoms with Gasteiger partial charge >= 0.3 is 5.97 Å². The number of rotatable bonds is 4. The van der Waals surface area contributed by atoms with Crippen molar-refractivity contribution in [3.05, 3.63) is 51.8 Å². The van der Waals surface area contributed by atoms with Crippen LogP contribution in [-0.2, 0) is 11.3 Å². The molecule has 106 valence electrons. The van der Waals surface area contributed by atoms with Crippen molar-refractivity contribution < 1.29 is 14.6 Å². The molecule has 0 aliphatic heterocycles. The van der Waals surface area contributed by atoms with Crippen LogP contribution in [-0.4, -0.2) is 22.2 Å². The van der Waals surface area contributed by atoms with E-state index in [0.717, 1.165) is 0 Å². The van der Waals surface area contributed by atoms with Gasteiger partial charge in [0, 0.05) is 16.8 Å². The summed E-state index contributed by atoms with van der Waals surface area (Å²) in [6.45, 7) is 1.76. The number of aliphatic hydroxyl groups is 1. The second kappa shape index (κ2) is 6.31. The molecule has 0 fully saturated rings. The van der Waals surface area contributed by atoms with Crippen LogP contribution < -0.4 is 0 Å². The lowest BCUT2D eigenvalue weighted by molar-refractivity contribution is 0.0517. The largest absolute Gasteiger partial charge is 0.461 e. The Morgan fingerprint density at radius 3 is 2.75 bits per heavy atom. The predicted octanol–water partition coefficient (Wildman–Crippen LogP) is 3.45. The second-order valence-electron chi connectivity index (χ2n) is 4.00. The minimum Gasteiger partial charge on any atom is -0.461 e. The minimum absolute atomic E-state index is 0.276. The van der Waals surface area contributed by atoms with Crippen molar-refractivity contribution >= 4 is 29.2 Å². The summed E-state index contributed by atoms with van der Waals surface area (Å²) in [5, 5.41) is 10.0. The van der Waals surface area contributed by atoms with Crippen molar-refractivity contribution in [3.63, 3.8) is 0 Å². The van der Waals surface area contributed by atoms with E-state index >= 15 is 0 Å². The quantitative estimate of drug-likeness (QED) is 0.879. The molecule has 2 aromatic rings. The van der Waals surface area contributed by atoms with Gasteiger partial charge in [-0.15, -0.1) is 0 Å². The van der Waals surface area contributed by atoms with Crippen molar-refractivity contribution in [1.82, 2.24) is 4.57 Å². The number of hydrogen-bond donors (Lipinski definition) is 1. The molecule has 0 spiro atoms. The molecule has 0 bridgehead atoms. The van der Waals surface area contributed by atoms with E-state index in [1.807, 2.05) is 0 Å². The van der Waals surface area contributed by atoms with Gasteiger partial charge in [-0.3, -0.25) is 0 Å². The maximum atomic E-state index is 11.9. The van der Waals surface area contributed by atoms with Gasteiger partial charge in [-0.25, -0.2) is 4.79 Å². The van der Waals surface area contributed by atoms with Crippen LogP contribution in [0.3, 0.4) is 0 Å². The van der Waals surface area contributed by atoms with E-state index in [9.17, 15) is 9.90 Å². The lowest BCUT2D eigenvalue weighted by Crippen LogP contribution is -2.11. The fourth-order valence-corrected chi connectivity index (χ4v) is 2.46. The third-order valence-corrected chi connectivity index (χ3v) is 3.59. The lowest BCUT2D eigenvalue weighted by atomic mass is 10.2. The van der Waals surface area contributed by atoms with Crippen molar-refractivity contribution in [2.45, 2.75) is 13.5 Å². The number of aromatic nitrogens is 1. The molecule has 0 unspecified atom stereocenters. The van der Waals surface area contributed by atoms with Gasteiger partial charge in [-0.1, -0.05) is 23.2 Å². The molecule has 4 nitrogen and oxygen atoms in total. The molecule has 0 saturated carbocycles. The summed E-state index contributed by atoms with van der Waals surface area (Å²) >= 11 is 12.2. The van der Waals surface area contributed by atoms with Crippen molar-refractivity contribution in [1.29, 1.82) is 0 Å². The molecule has 0 saturated heterocycles. The van der Waals surface area contributed by atoms with Gasteiger partial charge in [0.15, 0.2) is 0 Å². The molecule has 6 heteroatoms. The second-order valence-corrected chi connectivity index (χ2v) is 4.79. The number of nitrogens with zero attached hydrogens (tertiary/aromatic N) is 1. The fourth-order valence-electron chi connectivity index (χ4n) is 1.88. The third kappa shape index (κ3) is 2.68. The standard InChI is InChI=1S/C14H13Cl2NO3/c1-2-20-14(19)12-4-3-7-17(12)11-6-5-10(15)9(8-18)13(11)16/h3-7,18H,2,8H2,1H3. The molecule has 0 atom stereocenters. The minimum atomic E-state index is -0.436. The monoisotopic (exact) mass is 313 g/mol. The highest BCUT2D eigenvalue weighted by Gasteiger charge is 2.17. The number of halogens is 2. The number of aliphatic hydroxyl groups excluding tert-OH is 1. The molecule has 0 aliphatic rings. The first-order valence-corrected chi connectivity index (χ1v) is 6.78. The van der Waals surface area contributed by atoms with E-state index in [4.69, 9.17) is 27.9 Å². The Kier molecular flexibility index (Phi) is 4.70. The molecular weight excluding hydrogens is 301 g/mol. The Bertz CT molecular complexity index is 637. The normalized spacial score (nSPS) is 10.6. The van der Waals surface area contributed by atoms with Crippen molar-refractivity contribution in [2.75, 3.05) is 6.61 Å². The zero-order chi connectivity index (χ0) is 14.7. The van der Waals surface area contributed by atoms with Crippen LogP contribution in [0.1, 0.15) is 23.0 Å². The maximum absolute atomic E-state index is 11.9. The molecule has 0 aliphatic carbocycles. The topological polar surface area (TPSA) is 51.5 Å². The fraction of sp³-hybridized carbons (Fsp3) is 0.214. The third-order valence-electron chi connectivity index (χ3n) is 2.82. The highest BCUT2D eigenvalue weighted by Crippen LogP contribution is 2.31. The smallest absolute Gasteiger partial charge is 0.355 e. The molecule has 0 radical (unpaired) electrons. The Morgan fingerprint density at radius 2 is 2.10 bits per heavy atom. The summed E-state index contributed by atoms with van der Waals surface area (Å²) in [5.74, 6) is -0.436. The Labute approximate surface area is 126 Å². The van der Waals surface area contributed by atoms with E-state index in [-0.39, 0.29) is 6.61 Å². The van der Waals surface area contributed by atoms with E-state index < -0.39 is 5.97 Å². The number of hydrogen-bond acceptors (Lipinski definition) is 3. The molecule has 0 amide bonds. The summed E-state index contributed by atoms with van der Waals surface area (Å²) in [6, 6.07) is 6.67. The van der Waals surface area contributed by atoms with Crippen LogP contribution in [0, 0.1) is 0 Å². The first kappa shape index (κ1) is 14.9. The highest BCUT2D eigenvalue weighted by atomic mass is 35.5. The van der Waals surface area contributed by atoms with Crippen molar-refractivity contribution in [3.8, 4) is 5.69 Å². The van der Waals surface area contributed by atoms with E-state index in [2.05, 4.69) is 0 Å². The predicted molar refractivity (Wildman–Crippen MR) is 77.7 cm³/mol. The summed E-state index contributed by atoms with van der Waals surface area (Å²) in [7, 11) is 0. The summed E-state index contributed by atoms with van der Waals surface area (Å²) in [6.07, 6.45) is 1.70. The molecule has 2 rings (SSSR count). The van der Waals surface area contributed by atoms with E-state index in [0.29, 0.717) is 33.6 Å². The number of esters is 1. The first-order valence-electron chi connectivity index (χ1n) is 6.02. The van der Waals surface area contributed by atoms with E-state index in [1.54, 1.807) is 42.0 Å². The van der Waals surface area contributed by atoms with Gasteiger partial charge in [-0.05, 0) is 31.2 Å². The van der Waals surface area contributed by atoms with Crippen LogP contribution in [0.4, 0.5) is 0 Å². The van der Waals surface area contributed by atoms with Gasteiger partial charge < -0.3 is 14.4 Å². The van der Waals surface area contributed by atoms with Gasteiger partial charge in [0.1, 0.15) is 5.69 Å². The summed E-state index contributed by atoms with van der Waals surface area (Å²) in [4.78, 5) is 11.9. The highest BCUT2D eigenvalue weighted by molar-refractivity contribution is 6.37. The zero-order valence-electron chi connectivity index (χ0n) is 10.8. The molecule has 1 aromatic heterocycles. The van der Waals surface area contributed by atoms with Gasteiger partial charge in [-0.2, -0.15) is 0 Å². The average Bonchev–Trinajstić information content (AvgIpc) is 2.89. The maximum Gasteiger partial charge on any atom is 0.355 e. The SMILES string of the molecule is CCOC(=O)c1cccn1-c1ccc(Cl)c(CO)c1Cl.